The predicted molar refractivity (Wildman–Crippen MR) is 92.5 cm³/mol. The van der Waals surface area contributed by atoms with E-state index in [1.807, 2.05) is 42.6 Å². The van der Waals surface area contributed by atoms with Gasteiger partial charge in [0.05, 0.1) is 5.39 Å². The van der Waals surface area contributed by atoms with Gasteiger partial charge in [0.25, 0.3) is 5.56 Å². The lowest BCUT2D eigenvalue weighted by molar-refractivity contribution is -0.118. The average molecular weight is 327 g/mol. The first-order chi connectivity index (χ1) is 11.1. The molecule has 0 aliphatic rings. The molecule has 3 aromatic rings. The Kier molecular flexibility index (Phi) is 4.25. The summed E-state index contributed by atoms with van der Waals surface area (Å²) in [6.07, 6.45) is 0.757. The van der Waals surface area contributed by atoms with Crippen molar-refractivity contribution in [2.24, 2.45) is 5.73 Å². The highest BCUT2D eigenvalue weighted by Crippen LogP contribution is 2.30. The van der Waals surface area contributed by atoms with Gasteiger partial charge in [-0.1, -0.05) is 37.3 Å². The number of nitrogens with two attached hydrogens (primary N) is 1. The third-order valence-corrected chi connectivity index (χ3v) is 4.63. The Balaban J connectivity index is 2.22. The quantitative estimate of drug-likeness (QED) is 0.782. The molecule has 2 N–H and O–H groups in total. The van der Waals surface area contributed by atoms with E-state index in [9.17, 15) is 9.59 Å². The Morgan fingerprint density at radius 2 is 2.04 bits per heavy atom. The molecule has 0 saturated heterocycles. The van der Waals surface area contributed by atoms with Crippen LogP contribution in [0, 0.1) is 0 Å². The number of aromatic nitrogens is 2. The summed E-state index contributed by atoms with van der Waals surface area (Å²) in [5.74, 6) is 0.262. The monoisotopic (exact) mass is 327 g/mol. The van der Waals surface area contributed by atoms with Crippen molar-refractivity contribution in [1.82, 2.24) is 9.55 Å². The maximum atomic E-state index is 13.0. The van der Waals surface area contributed by atoms with Gasteiger partial charge in [-0.3, -0.25) is 14.2 Å². The number of amides is 1. The van der Waals surface area contributed by atoms with Gasteiger partial charge in [-0.05, 0) is 5.56 Å². The fourth-order valence-electron chi connectivity index (χ4n) is 2.62. The number of benzene rings is 1. The third-order valence-electron chi connectivity index (χ3n) is 3.76. The van der Waals surface area contributed by atoms with Crippen molar-refractivity contribution in [3.8, 4) is 11.1 Å². The highest BCUT2D eigenvalue weighted by Gasteiger charge is 2.16. The van der Waals surface area contributed by atoms with E-state index in [1.54, 1.807) is 4.57 Å². The van der Waals surface area contributed by atoms with Crippen LogP contribution >= 0.6 is 11.3 Å². The van der Waals surface area contributed by atoms with Crippen LogP contribution in [0.5, 0.6) is 0 Å². The fraction of sp³-hybridized carbons (Fsp3) is 0.235. The van der Waals surface area contributed by atoms with E-state index < -0.39 is 5.91 Å². The van der Waals surface area contributed by atoms with Crippen molar-refractivity contribution in [2.75, 3.05) is 0 Å². The molecule has 1 aromatic carbocycles. The zero-order valence-corrected chi connectivity index (χ0v) is 13.6. The molecule has 0 atom stereocenters. The van der Waals surface area contributed by atoms with E-state index >= 15 is 0 Å². The van der Waals surface area contributed by atoms with Crippen LogP contribution in [-0.4, -0.2) is 15.5 Å². The van der Waals surface area contributed by atoms with Gasteiger partial charge in [0.15, 0.2) is 0 Å². The molecule has 2 heterocycles. The maximum Gasteiger partial charge on any atom is 0.262 e. The van der Waals surface area contributed by atoms with Crippen molar-refractivity contribution in [3.63, 3.8) is 0 Å². The first-order valence-electron chi connectivity index (χ1n) is 7.46. The number of primary amides is 1. The second-order valence-corrected chi connectivity index (χ2v) is 6.11. The SMILES string of the molecule is CCc1nc2scc(-c3ccccc3)c2c(=O)n1CCC(N)=O. The Hall–Kier alpha value is -2.47. The Morgan fingerprint density at radius 3 is 2.70 bits per heavy atom. The highest BCUT2D eigenvalue weighted by molar-refractivity contribution is 7.17. The van der Waals surface area contributed by atoms with Crippen LogP contribution < -0.4 is 11.3 Å². The predicted octanol–water partition coefficient (Wildman–Crippen LogP) is 2.56. The van der Waals surface area contributed by atoms with Gasteiger partial charge in [0, 0.05) is 30.3 Å². The fourth-order valence-corrected chi connectivity index (χ4v) is 3.58. The van der Waals surface area contributed by atoms with Crippen LogP contribution in [-0.2, 0) is 17.8 Å². The van der Waals surface area contributed by atoms with Crippen LogP contribution in [0.1, 0.15) is 19.2 Å². The largest absolute Gasteiger partial charge is 0.370 e. The van der Waals surface area contributed by atoms with Crippen LogP contribution in [0.2, 0.25) is 0 Å². The molecule has 0 unspecified atom stereocenters. The number of carbonyl (C=O) groups excluding carboxylic acids is 1. The molecule has 0 aliphatic heterocycles. The van der Waals surface area contributed by atoms with Crippen molar-refractivity contribution in [2.45, 2.75) is 26.3 Å². The molecule has 3 rings (SSSR count). The first-order valence-corrected chi connectivity index (χ1v) is 8.34. The molecule has 0 bridgehead atoms. The molecule has 0 saturated carbocycles. The first kappa shape index (κ1) is 15.4. The summed E-state index contributed by atoms with van der Waals surface area (Å²) in [7, 11) is 0. The molecule has 1 amide bonds. The molecular formula is C17H17N3O2S. The van der Waals surface area contributed by atoms with Gasteiger partial charge in [-0.2, -0.15) is 0 Å². The Morgan fingerprint density at radius 1 is 1.30 bits per heavy atom. The van der Waals surface area contributed by atoms with Crippen LogP contribution in [0.3, 0.4) is 0 Å². The molecular weight excluding hydrogens is 310 g/mol. The molecule has 0 fully saturated rings. The molecule has 0 radical (unpaired) electrons. The van der Waals surface area contributed by atoms with Crippen molar-refractivity contribution < 1.29 is 4.79 Å². The standard InChI is InChI=1S/C17H17N3O2S/c1-2-14-19-16-15(17(22)20(14)9-8-13(18)21)12(10-23-16)11-6-4-3-5-7-11/h3-7,10H,2,8-9H2,1H3,(H2,18,21). The lowest BCUT2D eigenvalue weighted by atomic mass is 10.1. The molecule has 5 nitrogen and oxygen atoms in total. The summed E-state index contributed by atoms with van der Waals surface area (Å²) in [5.41, 5.74) is 7.00. The number of hydrogen-bond acceptors (Lipinski definition) is 4. The van der Waals surface area contributed by atoms with Gasteiger partial charge in [-0.25, -0.2) is 4.98 Å². The maximum absolute atomic E-state index is 13.0. The van der Waals surface area contributed by atoms with Gasteiger partial charge >= 0.3 is 0 Å². The van der Waals surface area contributed by atoms with Crippen LogP contribution in [0.15, 0.2) is 40.5 Å². The number of rotatable bonds is 5. The van der Waals surface area contributed by atoms with Crippen LogP contribution in [0.4, 0.5) is 0 Å². The van der Waals surface area contributed by atoms with Crippen molar-refractivity contribution >= 4 is 27.5 Å². The van der Waals surface area contributed by atoms with Gasteiger partial charge in [0.1, 0.15) is 10.7 Å². The van der Waals surface area contributed by atoms with Crippen molar-refractivity contribution in [3.05, 3.63) is 51.9 Å². The summed E-state index contributed by atoms with van der Waals surface area (Å²) in [4.78, 5) is 29.4. The molecule has 6 heteroatoms. The third kappa shape index (κ3) is 2.90. The zero-order chi connectivity index (χ0) is 16.4. The molecule has 2 aromatic heterocycles. The molecule has 0 aliphatic carbocycles. The van der Waals surface area contributed by atoms with Gasteiger partial charge in [0.2, 0.25) is 5.91 Å². The second kappa shape index (κ2) is 6.34. The molecule has 0 spiro atoms. The minimum absolute atomic E-state index is 0.104. The topological polar surface area (TPSA) is 78.0 Å². The summed E-state index contributed by atoms with van der Waals surface area (Å²) in [6, 6.07) is 9.78. The summed E-state index contributed by atoms with van der Waals surface area (Å²) in [5, 5.41) is 2.58. The highest BCUT2D eigenvalue weighted by atomic mass is 32.1. The Bertz CT molecular complexity index is 913. The van der Waals surface area contributed by atoms with Crippen molar-refractivity contribution in [1.29, 1.82) is 0 Å². The van der Waals surface area contributed by atoms with E-state index in [2.05, 4.69) is 4.98 Å². The number of thiophene rings is 1. The van der Waals surface area contributed by atoms with Gasteiger partial charge in [-0.15, -0.1) is 11.3 Å². The zero-order valence-electron chi connectivity index (χ0n) is 12.8. The second-order valence-electron chi connectivity index (χ2n) is 5.25. The van der Waals surface area contributed by atoms with E-state index in [4.69, 9.17) is 5.73 Å². The molecule has 118 valence electrons. The van der Waals surface area contributed by atoms with E-state index in [-0.39, 0.29) is 18.5 Å². The number of nitrogens with zero attached hydrogens (tertiary/aromatic N) is 2. The number of fused-ring (bicyclic) bond motifs is 1. The number of aryl methyl sites for hydroxylation is 1. The minimum atomic E-state index is -0.423. The Labute approximate surface area is 137 Å². The number of carbonyl (C=O) groups is 1. The van der Waals surface area contributed by atoms with E-state index in [1.165, 1.54) is 11.3 Å². The van der Waals surface area contributed by atoms with Crippen LogP contribution in [0.25, 0.3) is 21.3 Å². The summed E-state index contributed by atoms with van der Waals surface area (Å²) in [6.45, 7) is 2.21. The van der Waals surface area contributed by atoms with E-state index in [0.29, 0.717) is 17.6 Å². The molecule has 23 heavy (non-hydrogen) atoms. The smallest absolute Gasteiger partial charge is 0.262 e. The summed E-state index contributed by atoms with van der Waals surface area (Å²) >= 11 is 1.47. The normalized spacial score (nSPS) is 11.0. The lowest BCUT2D eigenvalue weighted by Crippen LogP contribution is -2.27. The average Bonchev–Trinajstić information content (AvgIpc) is 2.98. The summed E-state index contributed by atoms with van der Waals surface area (Å²) < 4.78 is 1.58. The van der Waals surface area contributed by atoms with E-state index in [0.717, 1.165) is 16.0 Å². The van der Waals surface area contributed by atoms with Gasteiger partial charge < -0.3 is 5.73 Å². The minimum Gasteiger partial charge on any atom is -0.370 e. The number of hydrogen-bond donors (Lipinski definition) is 1. The lowest BCUT2D eigenvalue weighted by Gasteiger charge is -2.10.